The van der Waals surface area contributed by atoms with Gasteiger partial charge in [-0.3, -0.25) is 14.1 Å². The van der Waals surface area contributed by atoms with Crippen LogP contribution in [0.1, 0.15) is 26.3 Å². The van der Waals surface area contributed by atoms with E-state index in [4.69, 9.17) is 20.6 Å². The van der Waals surface area contributed by atoms with E-state index >= 15 is 0 Å². The maximum atomic E-state index is 12.9. The molecule has 0 aliphatic rings. The highest BCUT2D eigenvalue weighted by Crippen LogP contribution is 2.50. The third-order valence-electron chi connectivity index (χ3n) is 3.53. The van der Waals surface area contributed by atoms with Crippen molar-refractivity contribution in [3.8, 4) is 11.1 Å². The summed E-state index contributed by atoms with van der Waals surface area (Å²) in [5.41, 5.74) is 3.73. The fourth-order valence-electron chi connectivity index (χ4n) is 2.48. The monoisotopic (exact) mass is 367 g/mol. The van der Waals surface area contributed by atoms with Crippen LogP contribution in [0.5, 0.6) is 0 Å². The third-order valence-corrected chi connectivity index (χ3v) is 5.48. The molecule has 0 amide bonds. The second-order valence-electron chi connectivity index (χ2n) is 5.14. The van der Waals surface area contributed by atoms with Gasteiger partial charge in [0.25, 0.3) is 0 Å². The third kappa shape index (κ3) is 4.61. The van der Waals surface area contributed by atoms with E-state index in [0.717, 1.165) is 28.8 Å². The summed E-state index contributed by atoms with van der Waals surface area (Å²) >= 11 is 5.99. The van der Waals surface area contributed by atoms with Crippen molar-refractivity contribution in [1.29, 1.82) is 0 Å². The molecule has 0 atom stereocenters. The van der Waals surface area contributed by atoms with Gasteiger partial charge in [0.1, 0.15) is 0 Å². The van der Waals surface area contributed by atoms with Gasteiger partial charge in [0.15, 0.2) is 0 Å². The van der Waals surface area contributed by atoms with Gasteiger partial charge in [-0.25, -0.2) is 4.57 Å². The molecule has 0 saturated heterocycles. The molecule has 6 heteroatoms. The second kappa shape index (κ2) is 8.68. The van der Waals surface area contributed by atoms with E-state index < -0.39 is 7.75 Å². The number of hydrogen-bond acceptors (Lipinski definition) is 3. The van der Waals surface area contributed by atoms with Crippen LogP contribution in [0, 0.1) is 0 Å². The summed E-state index contributed by atoms with van der Waals surface area (Å²) in [6.45, 7) is 6.24. The lowest BCUT2D eigenvalue weighted by atomic mass is 9.99. The normalized spacial score (nSPS) is 11.5. The molecule has 0 unspecified atom stereocenters. The Bertz CT molecular complexity index is 709. The zero-order valence-electron chi connectivity index (χ0n) is 14.2. The van der Waals surface area contributed by atoms with Crippen LogP contribution in [0.15, 0.2) is 42.5 Å². The molecule has 0 radical (unpaired) electrons. The van der Waals surface area contributed by atoms with Crippen molar-refractivity contribution in [2.75, 3.05) is 18.3 Å². The van der Waals surface area contributed by atoms with Crippen molar-refractivity contribution in [3.63, 3.8) is 0 Å². The van der Waals surface area contributed by atoms with E-state index in [0.29, 0.717) is 18.2 Å². The molecule has 24 heavy (non-hydrogen) atoms. The highest BCUT2D eigenvalue weighted by molar-refractivity contribution is 7.55. The largest absolute Gasteiger partial charge is 0.432 e. The zero-order chi connectivity index (χ0) is 17.6. The van der Waals surface area contributed by atoms with Gasteiger partial charge in [0.2, 0.25) is 0 Å². The first-order chi connectivity index (χ1) is 11.5. The Kier molecular flexibility index (Phi) is 6.88. The topological polar surface area (TPSA) is 47.6 Å². The van der Waals surface area contributed by atoms with Crippen molar-refractivity contribution < 1.29 is 13.6 Å². The van der Waals surface area contributed by atoms with Gasteiger partial charge in [-0.1, -0.05) is 48.9 Å². The standard InChI is InChI=1S/C18H23ClNO3P/c1-4-14-8-7-9-17(15-10-12-16(19)13-11-15)18(14)20-24(21,22-5-2)23-6-3/h7-13H,4-6H2,1-3H3,(H,20,21). The number of anilines is 1. The Morgan fingerprint density at radius 2 is 1.62 bits per heavy atom. The maximum Gasteiger partial charge on any atom is 0.432 e. The zero-order valence-corrected chi connectivity index (χ0v) is 15.9. The summed E-state index contributed by atoms with van der Waals surface area (Å²) in [6, 6.07) is 13.5. The first kappa shape index (κ1) is 19.0. The molecule has 0 fully saturated rings. The van der Waals surface area contributed by atoms with E-state index in [2.05, 4.69) is 12.0 Å². The Balaban J connectivity index is 2.50. The molecule has 0 bridgehead atoms. The summed E-state index contributed by atoms with van der Waals surface area (Å²) in [5.74, 6) is 0. The van der Waals surface area contributed by atoms with Crippen LogP contribution in [0.25, 0.3) is 11.1 Å². The highest BCUT2D eigenvalue weighted by Gasteiger charge is 2.26. The smallest absolute Gasteiger partial charge is 0.293 e. The second-order valence-corrected chi connectivity index (χ2v) is 7.32. The molecule has 2 rings (SSSR count). The molecule has 0 aromatic heterocycles. The van der Waals surface area contributed by atoms with Crippen LogP contribution in [-0.2, 0) is 20.0 Å². The van der Waals surface area contributed by atoms with Gasteiger partial charge >= 0.3 is 7.75 Å². The van der Waals surface area contributed by atoms with Crippen LogP contribution < -0.4 is 5.09 Å². The minimum Gasteiger partial charge on any atom is -0.293 e. The molecule has 1 N–H and O–H groups in total. The molecule has 130 valence electrons. The number of hydrogen-bond donors (Lipinski definition) is 1. The molecular weight excluding hydrogens is 345 g/mol. The Labute approximate surface area is 148 Å². The number of aryl methyl sites for hydroxylation is 1. The minimum absolute atomic E-state index is 0.300. The fraction of sp³-hybridized carbons (Fsp3) is 0.333. The van der Waals surface area contributed by atoms with Crippen molar-refractivity contribution in [2.45, 2.75) is 27.2 Å². The van der Waals surface area contributed by atoms with Crippen LogP contribution in [0.2, 0.25) is 5.02 Å². The SMILES string of the molecule is CCOP(=O)(Nc1c(CC)cccc1-c1ccc(Cl)cc1)OCC. The molecule has 0 aliphatic carbocycles. The minimum atomic E-state index is -3.41. The number of para-hydroxylation sites is 1. The Morgan fingerprint density at radius 3 is 2.17 bits per heavy atom. The molecule has 0 aliphatic heterocycles. The van der Waals surface area contributed by atoms with Crippen LogP contribution in [0.3, 0.4) is 0 Å². The first-order valence-corrected chi connectivity index (χ1v) is 10.00. The Morgan fingerprint density at radius 1 is 1.00 bits per heavy atom. The summed E-state index contributed by atoms with van der Waals surface area (Å²) in [6.07, 6.45) is 0.794. The number of halogens is 1. The summed E-state index contributed by atoms with van der Waals surface area (Å²) in [4.78, 5) is 0. The molecule has 4 nitrogen and oxygen atoms in total. The summed E-state index contributed by atoms with van der Waals surface area (Å²) in [5, 5.41) is 3.71. The lowest BCUT2D eigenvalue weighted by molar-refractivity contribution is 0.225. The lowest BCUT2D eigenvalue weighted by Gasteiger charge is -2.22. The molecule has 2 aromatic carbocycles. The van der Waals surface area contributed by atoms with E-state index in [1.54, 1.807) is 13.8 Å². The van der Waals surface area contributed by atoms with Gasteiger partial charge in [-0.15, -0.1) is 0 Å². The van der Waals surface area contributed by atoms with E-state index in [1.165, 1.54) is 0 Å². The van der Waals surface area contributed by atoms with E-state index in [1.807, 2.05) is 42.5 Å². The molecule has 0 heterocycles. The van der Waals surface area contributed by atoms with Gasteiger partial charge in [-0.05, 0) is 43.5 Å². The van der Waals surface area contributed by atoms with Crippen molar-refractivity contribution in [1.82, 2.24) is 0 Å². The molecule has 0 spiro atoms. The van der Waals surface area contributed by atoms with Crippen molar-refractivity contribution >= 4 is 25.0 Å². The molecule has 2 aromatic rings. The Hall–Kier alpha value is -1.32. The highest BCUT2D eigenvalue weighted by atomic mass is 35.5. The lowest BCUT2D eigenvalue weighted by Crippen LogP contribution is -2.07. The van der Waals surface area contributed by atoms with Gasteiger partial charge in [0.05, 0.1) is 18.9 Å². The maximum absolute atomic E-state index is 12.9. The summed E-state index contributed by atoms with van der Waals surface area (Å²) < 4.78 is 23.7. The first-order valence-electron chi connectivity index (χ1n) is 8.08. The predicted octanol–water partition coefficient (Wildman–Crippen LogP) is 6.16. The van der Waals surface area contributed by atoms with Crippen LogP contribution in [-0.4, -0.2) is 13.2 Å². The molecule has 0 saturated carbocycles. The summed E-state index contributed by atoms with van der Waals surface area (Å²) in [7, 11) is -3.41. The number of benzene rings is 2. The number of rotatable bonds is 8. The molecular formula is C18H23ClNO3P. The number of nitrogens with one attached hydrogen (secondary N) is 1. The fourth-order valence-corrected chi connectivity index (χ4v) is 4.02. The van der Waals surface area contributed by atoms with Gasteiger partial charge in [0, 0.05) is 10.6 Å². The average Bonchev–Trinajstić information content (AvgIpc) is 2.56. The van der Waals surface area contributed by atoms with Crippen LogP contribution >= 0.6 is 19.3 Å². The quantitative estimate of drug-likeness (QED) is 0.567. The van der Waals surface area contributed by atoms with E-state index in [9.17, 15) is 4.57 Å². The van der Waals surface area contributed by atoms with Gasteiger partial charge < -0.3 is 0 Å². The van der Waals surface area contributed by atoms with Crippen molar-refractivity contribution in [2.24, 2.45) is 0 Å². The van der Waals surface area contributed by atoms with Crippen LogP contribution in [0.4, 0.5) is 5.69 Å². The van der Waals surface area contributed by atoms with E-state index in [-0.39, 0.29) is 0 Å². The predicted molar refractivity (Wildman–Crippen MR) is 101 cm³/mol. The van der Waals surface area contributed by atoms with Crippen molar-refractivity contribution in [3.05, 3.63) is 53.1 Å². The van der Waals surface area contributed by atoms with Gasteiger partial charge in [-0.2, -0.15) is 0 Å². The average molecular weight is 368 g/mol.